The molecule has 0 radical (unpaired) electrons. The molecule has 1 heterocycles. The Kier molecular flexibility index (Phi) is 9.98. The minimum Gasteiger partial charge on any atom is -0.480 e. The fraction of sp³-hybridized carbons (Fsp3) is 0.706. The van der Waals surface area contributed by atoms with Crippen LogP contribution in [-0.4, -0.2) is 88.6 Å². The minimum atomic E-state index is -1.52. The van der Waals surface area contributed by atoms with Crippen molar-refractivity contribution in [3.63, 3.8) is 0 Å². The van der Waals surface area contributed by atoms with Crippen molar-refractivity contribution in [3.05, 3.63) is 0 Å². The second-order valence-corrected chi connectivity index (χ2v) is 7.07. The third-order valence-corrected chi connectivity index (χ3v) is 4.60. The molecule has 1 rings (SSSR count). The lowest BCUT2D eigenvalue weighted by atomic mass is 10.1. The third-order valence-electron chi connectivity index (χ3n) is 4.60. The van der Waals surface area contributed by atoms with Crippen LogP contribution in [0.5, 0.6) is 0 Å². The van der Waals surface area contributed by atoms with E-state index >= 15 is 0 Å². The van der Waals surface area contributed by atoms with Gasteiger partial charge < -0.3 is 42.9 Å². The fourth-order valence-corrected chi connectivity index (χ4v) is 3.06. The zero-order chi connectivity index (χ0) is 22.8. The molecule has 0 spiro atoms. The first-order valence-electron chi connectivity index (χ1n) is 9.64. The van der Waals surface area contributed by atoms with E-state index in [-0.39, 0.29) is 24.8 Å². The first-order chi connectivity index (χ1) is 14.1. The Balaban J connectivity index is 2.88. The van der Waals surface area contributed by atoms with Gasteiger partial charge >= 0.3 is 5.97 Å². The number of aliphatic imine (C=N–C) groups is 1. The number of carboxylic acids is 1. The van der Waals surface area contributed by atoms with Gasteiger partial charge in [-0.25, -0.2) is 4.79 Å². The van der Waals surface area contributed by atoms with E-state index < -0.39 is 48.6 Å². The average molecular weight is 429 g/mol. The predicted octanol–water partition coefficient (Wildman–Crippen LogP) is -3.58. The van der Waals surface area contributed by atoms with Crippen molar-refractivity contribution in [2.75, 3.05) is 19.7 Å². The Morgan fingerprint density at radius 1 is 1.20 bits per heavy atom. The zero-order valence-electron chi connectivity index (χ0n) is 16.9. The van der Waals surface area contributed by atoms with Crippen molar-refractivity contribution < 1.29 is 29.4 Å². The highest BCUT2D eigenvalue weighted by molar-refractivity contribution is 5.94. The van der Waals surface area contributed by atoms with Crippen LogP contribution in [0.3, 0.4) is 0 Å². The molecular formula is C17H31N7O6. The van der Waals surface area contributed by atoms with Crippen LogP contribution in [0.2, 0.25) is 0 Å². The van der Waals surface area contributed by atoms with Crippen LogP contribution in [-0.2, 0) is 19.2 Å². The lowest BCUT2D eigenvalue weighted by molar-refractivity contribution is -0.144. The average Bonchev–Trinajstić information content (AvgIpc) is 3.16. The molecule has 4 atom stereocenters. The lowest BCUT2D eigenvalue weighted by Crippen LogP contribution is -2.56. The van der Waals surface area contributed by atoms with E-state index in [9.17, 15) is 19.2 Å². The number of guanidine groups is 1. The summed E-state index contributed by atoms with van der Waals surface area (Å²) < 4.78 is 0. The number of carboxylic acid groups (broad SMARTS) is 1. The highest BCUT2D eigenvalue weighted by Gasteiger charge is 2.37. The van der Waals surface area contributed by atoms with Gasteiger partial charge in [0.25, 0.3) is 0 Å². The first-order valence-corrected chi connectivity index (χ1v) is 9.64. The number of aliphatic carboxylic acids is 1. The van der Waals surface area contributed by atoms with Crippen LogP contribution in [0, 0.1) is 0 Å². The normalized spacial score (nSPS) is 18.8. The van der Waals surface area contributed by atoms with Gasteiger partial charge in [-0.15, -0.1) is 0 Å². The van der Waals surface area contributed by atoms with Gasteiger partial charge in [0.2, 0.25) is 17.7 Å². The number of likely N-dealkylation sites (tertiary alicyclic amines) is 1. The Morgan fingerprint density at radius 2 is 1.87 bits per heavy atom. The van der Waals surface area contributed by atoms with Crippen LogP contribution in [0.1, 0.15) is 32.6 Å². The third kappa shape index (κ3) is 7.48. The van der Waals surface area contributed by atoms with Gasteiger partial charge in [0, 0.05) is 13.1 Å². The molecule has 0 aromatic rings. The number of amides is 3. The zero-order valence-corrected chi connectivity index (χ0v) is 16.9. The van der Waals surface area contributed by atoms with E-state index in [0.717, 1.165) is 0 Å². The van der Waals surface area contributed by atoms with E-state index in [1.807, 2.05) is 0 Å². The van der Waals surface area contributed by atoms with Gasteiger partial charge in [-0.3, -0.25) is 19.4 Å². The lowest BCUT2D eigenvalue weighted by Gasteiger charge is -2.27. The van der Waals surface area contributed by atoms with Crippen LogP contribution in [0.4, 0.5) is 0 Å². The summed E-state index contributed by atoms with van der Waals surface area (Å²) in [7, 11) is 0. The number of aliphatic hydroxyl groups excluding tert-OH is 1. The molecule has 10 N–H and O–H groups in total. The molecule has 0 saturated carbocycles. The fourth-order valence-electron chi connectivity index (χ4n) is 3.06. The summed E-state index contributed by atoms with van der Waals surface area (Å²) in [6, 6.07) is -4.16. The van der Waals surface area contributed by atoms with Crippen LogP contribution < -0.4 is 27.8 Å². The molecule has 3 amide bonds. The Labute approximate surface area is 174 Å². The summed E-state index contributed by atoms with van der Waals surface area (Å²) in [5, 5.41) is 22.9. The van der Waals surface area contributed by atoms with Crippen molar-refractivity contribution in [1.29, 1.82) is 0 Å². The largest absolute Gasteiger partial charge is 0.480 e. The maximum Gasteiger partial charge on any atom is 0.328 e. The van der Waals surface area contributed by atoms with Crippen molar-refractivity contribution in [3.8, 4) is 0 Å². The summed E-state index contributed by atoms with van der Waals surface area (Å²) in [6.45, 7) is 1.29. The molecule has 0 aliphatic carbocycles. The second kappa shape index (κ2) is 11.9. The smallest absolute Gasteiger partial charge is 0.328 e. The molecular weight excluding hydrogens is 398 g/mol. The summed E-state index contributed by atoms with van der Waals surface area (Å²) >= 11 is 0. The van der Waals surface area contributed by atoms with Crippen LogP contribution in [0.15, 0.2) is 4.99 Å². The molecule has 1 saturated heterocycles. The highest BCUT2D eigenvalue weighted by Crippen LogP contribution is 2.18. The molecule has 0 bridgehead atoms. The number of nitrogens with one attached hydrogen (secondary N) is 2. The van der Waals surface area contributed by atoms with Crippen molar-refractivity contribution in [1.82, 2.24) is 15.5 Å². The number of carbonyl (C=O) groups is 4. The van der Waals surface area contributed by atoms with E-state index in [2.05, 4.69) is 15.6 Å². The number of nitrogens with two attached hydrogens (primary N) is 3. The molecule has 30 heavy (non-hydrogen) atoms. The number of hydrogen-bond donors (Lipinski definition) is 7. The molecule has 1 fully saturated rings. The molecule has 13 heteroatoms. The molecule has 1 aliphatic heterocycles. The van der Waals surface area contributed by atoms with Gasteiger partial charge in [-0.05, 0) is 32.6 Å². The van der Waals surface area contributed by atoms with Crippen molar-refractivity contribution in [2.45, 2.75) is 56.8 Å². The second-order valence-electron chi connectivity index (χ2n) is 7.07. The number of nitrogens with zero attached hydrogens (tertiary/aromatic N) is 2. The Morgan fingerprint density at radius 3 is 2.40 bits per heavy atom. The molecule has 13 nitrogen and oxygen atoms in total. The predicted molar refractivity (Wildman–Crippen MR) is 107 cm³/mol. The molecule has 1 aliphatic rings. The molecule has 0 aromatic heterocycles. The first kappa shape index (κ1) is 25.1. The summed E-state index contributed by atoms with van der Waals surface area (Å²) in [4.78, 5) is 53.8. The summed E-state index contributed by atoms with van der Waals surface area (Å²) in [6.07, 6.45) is 1.46. The maximum atomic E-state index is 12.8. The molecule has 4 unspecified atom stereocenters. The molecule has 170 valence electrons. The van der Waals surface area contributed by atoms with E-state index in [1.54, 1.807) is 0 Å². The van der Waals surface area contributed by atoms with E-state index in [4.69, 9.17) is 27.4 Å². The highest BCUT2D eigenvalue weighted by atomic mass is 16.4. The van der Waals surface area contributed by atoms with Crippen LogP contribution >= 0.6 is 0 Å². The van der Waals surface area contributed by atoms with E-state index in [1.165, 1.54) is 11.8 Å². The maximum absolute atomic E-state index is 12.8. The van der Waals surface area contributed by atoms with Gasteiger partial charge in [-0.1, -0.05) is 0 Å². The SMILES string of the molecule is CC(N)C(=O)N1CCCC1C(=O)NC(CCCN=C(N)N)C(=O)NC(CO)C(=O)O. The standard InChI is InChI=1S/C17H31N7O6/c1-9(18)15(28)24-7-3-5-12(24)14(27)22-10(4-2-6-21-17(19)20)13(26)23-11(8-25)16(29)30/h9-12,25H,2-8,18H2,1H3,(H,22,27)(H,23,26)(H,29,30)(H4,19,20,21). The van der Waals surface area contributed by atoms with Crippen molar-refractivity contribution in [2.24, 2.45) is 22.2 Å². The monoisotopic (exact) mass is 429 g/mol. The summed E-state index contributed by atoms with van der Waals surface area (Å²) in [5.74, 6) is -3.23. The topological polar surface area (TPSA) is 226 Å². The van der Waals surface area contributed by atoms with E-state index in [0.29, 0.717) is 25.8 Å². The van der Waals surface area contributed by atoms with Gasteiger partial charge in [-0.2, -0.15) is 0 Å². The number of aliphatic hydroxyl groups is 1. The number of hydrogen-bond acceptors (Lipinski definition) is 7. The Hall–Kier alpha value is -2.93. The number of carbonyl (C=O) groups excluding carboxylic acids is 3. The van der Waals surface area contributed by atoms with Crippen molar-refractivity contribution >= 4 is 29.7 Å². The molecule has 0 aromatic carbocycles. The van der Waals surface area contributed by atoms with Crippen LogP contribution in [0.25, 0.3) is 0 Å². The quantitative estimate of drug-likeness (QED) is 0.0977. The minimum absolute atomic E-state index is 0.111. The summed E-state index contributed by atoms with van der Waals surface area (Å²) in [5.41, 5.74) is 16.1. The van der Waals surface area contributed by atoms with Gasteiger partial charge in [0.05, 0.1) is 12.6 Å². The van der Waals surface area contributed by atoms with Gasteiger partial charge in [0.15, 0.2) is 5.96 Å². The number of rotatable bonds is 11. The Bertz CT molecular complexity index is 665. The van der Waals surface area contributed by atoms with Gasteiger partial charge in [0.1, 0.15) is 18.1 Å².